The van der Waals surface area contributed by atoms with Gasteiger partial charge in [0.1, 0.15) is 0 Å². The molecule has 178 valence electrons. The van der Waals surface area contributed by atoms with Crippen LogP contribution in [0, 0.1) is 0 Å². The Morgan fingerprint density at radius 2 is 0.553 bits per heavy atom. The van der Waals surface area contributed by atoms with Crippen LogP contribution in [-0.2, 0) is 0 Å². The Morgan fingerprint density at radius 1 is 0.237 bits per heavy atom. The van der Waals surface area contributed by atoms with Crippen LogP contribution in [0.4, 0.5) is 0 Å². The second-order valence-corrected chi connectivity index (χ2v) is 9.76. The lowest BCUT2D eigenvalue weighted by molar-refractivity contribution is 1.57. The summed E-state index contributed by atoms with van der Waals surface area (Å²) in [5.74, 6) is 0. The fourth-order valence-electron chi connectivity index (χ4n) is 5.65. The van der Waals surface area contributed by atoms with Crippen LogP contribution in [0.5, 0.6) is 0 Å². The highest BCUT2D eigenvalue weighted by molar-refractivity contribution is 5.99. The van der Waals surface area contributed by atoms with Crippen molar-refractivity contribution < 1.29 is 0 Å². The predicted molar refractivity (Wildman–Crippen MR) is 163 cm³/mol. The van der Waals surface area contributed by atoms with Crippen molar-refractivity contribution in [3.05, 3.63) is 158 Å². The van der Waals surface area contributed by atoms with Crippen LogP contribution >= 0.6 is 0 Å². The third kappa shape index (κ3) is 3.97. The van der Waals surface area contributed by atoms with Crippen molar-refractivity contribution in [2.75, 3.05) is 0 Å². The Balaban J connectivity index is 1.34. The fraction of sp³-hybridized carbons (Fsp3) is 0. The predicted octanol–water partition coefficient (Wildman–Crippen LogP) is 10.7. The first kappa shape index (κ1) is 22.3. The van der Waals surface area contributed by atoms with E-state index in [1.807, 2.05) is 0 Å². The molecule has 0 radical (unpaired) electrons. The molecule has 0 aromatic heterocycles. The lowest BCUT2D eigenvalue weighted by Gasteiger charge is -2.14. The molecule has 0 saturated carbocycles. The average Bonchev–Trinajstić information content (AvgIpc) is 3.00. The van der Waals surface area contributed by atoms with Gasteiger partial charge in [-0.15, -0.1) is 0 Å². The Labute approximate surface area is 223 Å². The zero-order chi connectivity index (χ0) is 25.3. The number of hydrogen-bond acceptors (Lipinski definition) is 0. The van der Waals surface area contributed by atoms with Crippen molar-refractivity contribution in [3.63, 3.8) is 0 Å². The molecule has 0 heteroatoms. The van der Waals surface area contributed by atoms with Gasteiger partial charge in [0, 0.05) is 0 Å². The van der Waals surface area contributed by atoms with E-state index in [1.54, 1.807) is 0 Å². The van der Waals surface area contributed by atoms with Gasteiger partial charge in [0.2, 0.25) is 0 Å². The summed E-state index contributed by atoms with van der Waals surface area (Å²) in [5.41, 5.74) is 9.93. The van der Waals surface area contributed by atoms with Gasteiger partial charge in [-0.3, -0.25) is 0 Å². The Kier molecular flexibility index (Phi) is 5.57. The molecule has 0 amide bonds. The van der Waals surface area contributed by atoms with Gasteiger partial charge in [-0.1, -0.05) is 146 Å². The second-order valence-electron chi connectivity index (χ2n) is 9.76. The van der Waals surface area contributed by atoms with Gasteiger partial charge < -0.3 is 0 Å². The molecule has 0 aliphatic heterocycles. The van der Waals surface area contributed by atoms with E-state index in [0.29, 0.717) is 0 Å². The summed E-state index contributed by atoms with van der Waals surface area (Å²) in [6.07, 6.45) is 0. The maximum Gasteiger partial charge on any atom is -0.0105 e. The quantitative estimate of drug-likeness (QED) is 0.234. The fourth-order valence-corrected chi connectivity index (χ4v) is 5.65. The van der Waals surface area contributed by atoms with Crippen molar-refractivity contribution >= 4 is 21.5 Å². The molecule has 0 spiro atoms. The number of hydrogen-bond donors (Lipinski definition) is 0. The highest BCUT2D eigenvalue weighted by Crippen LogP contribution is 2.38. The first-order chi connectivity index (χ1) is 18.8. The molecule has 0 heterocycles. The maximum atomic E-state index is 2.33. The lowest BCUT2D eigenvalue weighted by Crippen LogP contribution is -1.88. The van der Waals surface area contributed by atoms with Crippen molar-refractivity contribution in [2.45, 2.75) is 0 Å². The molecule has 0 nitrogen and oxygen atoms in total. The molecule has 0 fully saturated rings. The minimum atomic E-state index is 1.22. The van der Waals surface area contributed by atoms with Crippen LogP contribution < -0.4 is 0 Å². The Hall–Kier alpha value is -4.94. The average molecular weight is 483 g/mol. The number of rotatable bonds is 4. The summed E-state index contributed by atoms with van der Waals surface area (Å²) in [6.45, 7) is 0. The third-order valence-electron chi connectivity index (χ3n) is 7.48. The van der Waals surface area contributed by atoms with E-state index in [2.05, 4.69) is 158 Å². The van der Waals surface area contributed by atoms with Crippen LogP contribution in [0.1, 0.15) is 0 Å². The smallest absolute Gasteiger partial charge is 0.0105 e. The van der Waals surface area contributed by atoms with Crippen molar-refractivity contribution in [2.24, 2.45) is 0 Å². The molecule has 0 atom stereocenters. The summed E-state index contributed by atoms with van der Waals surface area (Å²) in [4.78, 5) is 0. The van der Waals surface area contributed by atoms with Crippen LogP contribution in [-0.4, -0.2) is 0 Å². The lowest BCUT2D eigenvalue weighted by atomic mass is 9.90. The molecule has 0 saturated heterocycles. The molecular formula is C38H26. The highest BCUT2D eigenvalue weighted by Gasteiger charge is 2.11. The third-order valence-corrected chi connectivity index (χ3v) is 7.48. The Morgan fingerprint density at radius 3 is 1.03 bits per heavy atom. The normalized spacial score (nSPS) is 11.2. The molecule has 38 heavy (non-hydrogen) atoms. The minimum absolute atomic E-state index is 1.22. The van der Waals surface area contributed by atoms with Gasteiger partial charge in [-0.2, -0.15) is 0 Å². The zero-order valence-electron chi connectivity index (χ0n) is 21.0. The summed E-state index contributed by atoms with van der Waals surface area (Å²) in [6, 6.07) is 57.0. The second kappa shape index (κ2) is 9.50. The van der Waals surface area contributed by atoms with E-state index < -0.39 is 0 Å². The molecule has 7 aromatic carbocycles. The van der Waals surface area contributed by atoms with Crippen LogP contribution in [0.25, 0.3) is 66.1 Å². The zero-order valence-corrected chi connectivity index (χ0v) is 21.0. The van der Waals surface area contributed by atoms with E-state index in [1.165, 1.54) is 66.1 Å². The van der Waals surface area contributed by atoms with Crippen molar-refractivity contribution in [1.82, 2.24) is 0 Å². The summed E-state index contributed by atoms with van der Waals surface area (Å²) in [7, 11) is 0. The topological polar surface area (TPSA) is 0 Å². The molecule has 0 N–H and O–H groups in total. The standard InChI is InChI=1S/C38H26/c1-3-19-33-27(11-1)13-9-23-37(33)31-17-7-15-29(25-31)35-21-5-6-22-36(35)30-16-8-18-32(26-30)38-24-10-14-28-12-2-4-20-34(28)38/h1-26H. The highest BCUT2D eigenvalue weighted by atomic mass is 14.2. The van der Waals surface area contributed by atoms with E-state index in [0.717, 1.165) is 0 Å². The van der Waals surface area contributed by atoms with Crippen molar-refractivity contribution in [1.29, 1.82) is 0 Å². The molecular weight excluding hydrogens is 456 g/mol. The van der Waals surface area contributed by atoms with Gasteiger partial charge in [0.25, 0.3) is 0 Å². The minimum Gasteiger partial charge on any atom is -0.0616 e. The van der Waals surface area contributed by atoms with Crippen LogP contribution in [0.15, 0.2) is 158 Å². The molecule has 0 unspecified atom stereocenters. The molecule has 7 rings (SSSR count). The summed E-state index contributed by atoms with van der Waals surface area (Å²) in [5, 5.41) is 5.09. The summed E-state index contributed by atoms with van der Waals surface area (Å²) < 4.78 is 0. The van der Waals surface area contributed by atoms with Gasteiger partial charge in [-0.05, 0) is 78.2 Å². The van der Waals surface area contributed by atoms with Gasteiger partial charge in [0.15, 0.2) is 0 Å². The van der Waals surface area contributed by atoms with Gasteiger partial charge in [-0.25, -0.2) is 0 Å². The number of fused-ring (bicyclic) bond motifs is 2. The monoisotopic (exact) mass is 482 g/mol. The van der Waals surface area contributed by atoms with E-state index in [-0.39, 0.29) is 0 Å². The molecule has 7 aromatic rings. The van der Waals surface area contributed by atoms with E-state index in [9.17, 15) is 0 Å². The largest absolute Gasteiger partial charge is 0.0616 e. The van der Waals surface area contributed by atoms with E-state index >= 15 is 0 Å². The summed E-state index contributed by atoms with van der Waals surface area (Å²) >= 11 is 0. The maximum absolute atomic E-state index is 2.33. The SMILES string of the molecule is c1cc(-c2ccccc2-c2cccc(-c3cccc4ccccc34)c2)cc(-c2cccc3ccccc23)c1. The first-order valence-corrected chi connectivity index (χ1v) is 13.1. The van der Waals surface area contributed by atoms with Gasteiger partial charge >= 0.3 is 0 Å². The molecule has 0 bridgehead atoms. The van der Waals surface area contributed by atoms with Crippen molar-refractivity contribution in [3.8, 4) is 44.5 Å². The van der Waals surface area contributed by atoms with Gasteiger partial charge in [0.05, 0.1) is 0 Å². The Bertz CT molecular complexity index is 1770. The van der Waals surface area contributed by atoms with Crippen LogP contribution in [0.3, 0.4) is 0 Å². The first-order valence-electron chi connectivity index (χ1n) is 13.1. The van der Waals surface area contributed by atoms with E-state index in [4.69, 9.17) is 0 Å². The number of benzene rings is 7. The van der Waals surface area contributed by atoms with Crippen LogP contribution in [0.2, 0.25) is 0 Å². The molecule has 0 aliphatic carbocycles. The molecule has 0 aliphatic rings.